The number of para-hydroxylation sites is 1. The van der Waals surface area contributed by atoms with Crippen LogP contribution in [0, 0.1) is 5.82 Å². The highest BCUT2D eigenvalue weighted by molar-refractivity contribution is 9.10. The zero-order chi connectivity index (χ0) is 7.56. The van der Waals surface area contributed by atoms with Crippen LogP contribution in [-0.4, -0.2) is 0 Å². The summed E-state index contributed by atoms with van der Waals surface area (Å²) in [5.74, 6) is 4.67. The molecule has 62 valence electrons. The molecule has 3 N–H and O–H groups in total. The molecule has 1 aromatic rings. The Kier molecular flexibility index (Phi) is 4.40. The number of nitrogen functional groups attached to an aromatic ring is 1. The number of nitrogens with two attached hydrogens (primary N) is 1. The Morgan fingerprint density at radius 2 is 2.09 bits per heavy atom. The van der Waals surface area contributed by atoms with Crippen molar-refractivity contribution in [2.45, 2.75) is 0 Å². The third-order valence-electron chi connectivity index (χ3n) is 1.11. The Morgan fingerprint density at radius 3 is 2.45 bits per heavy atom. The Balaban J connectivity index is 0.000001000. The van der Waals surface area contributed by atoms with Gasteiger partial charge in [-0.3, -0.25) is 5.84 Å². The van der Waals surface area contributed by atoms with Crippen LogP contribution in [0.25, 0.3) is 0 Å². The van der Waals surface area contributed by atoms with Crippen LogP contribution in [0.4, 0.5) is 10.1 Å². The third kappa shape index (κ3) is 2.32. The lowest BCUT2D eigenvalue weighted by Gasteiger charge is -2.02. The van der Waals surface area contributed by atoms with Gasteiger partial charge in [0.05, 0.1) is 5.69 Å². The number of hydrazine groups is 1. The molecule has 0 saturated heterocycles. The molecule has 0 spiro atoms. The highest BCUT2D eigenvalue weighted by Gasteiger charge is 2.01. The second kappa shape index (κ2) is 4.54. The lowest BCUT2D eigenvalue weighted by Crippen LogP contribution is -2.08. The van der Waals surface area contributed by atoms with Gasteiger partial charge in [0.1, 0.15) is 5.82 Å². The zero-order valence-corrected chi connectivity index (χ0v) is 7.88. The molecule has 0 fully saturated rings. The number of halogens is 3. The van der Waals surface area contributed by atoms with Crippen molar-refractivity contribution in [2.75, 3.05) is 5.43 Å². The standard InChI is InChI=1S/C6H6BrFN2.ClH/c7-4-2-1-3-5(8)6(4)10-9;/h1-3,10H,9H2;1H. The molecule has 0 aliphatic rings. The van der Waals surface area contributed by atoms with Gasteiger partial charge in [0.25, 0.3) is 0 Å². The second-order valence-electron chi connectivity index (χ2n) is 1.74. The lowest BCUT2D eigenvalue weighted by molar-refractivity contribution is 0.630. The van der Waals surface area contributed by atoms with Crippen LogP contribution in [0.3, 0.4) is 0 Å². The van der Waals surface area contributed by atoms with E-state index < -0.39 is 0 Å². The number of hydrogen-bond donors (Lipinski definition) is 2. The first kappa shape index (κ1) is 10.7. The maximum atomic E-state index is 12.7. The quantitative estimate of drug-likeness (QED) is 0.585. The van der Waals surface area contributed by atoms with Crippen molar-refractivity contribution in [3.8, 4) is 0 Å². The topological polar surface area (TPSA) is 38.0 Å². The van der Waals surface area contributed by atoms with Gasteiger partial charge in [-0.2, -0.15) is 0 Å². The van der Waals surface area contributed by atoms with E-state index in [1.807, 2.05) is 0 Å². The van der Waals surface area contributed by atoms with Crippen molar-refractivity contribution < 1.29 is 4.39 Å². The molecular weight excluding hydrogens is 234 g/mol. The summed E-state index contributed by atoms with van der Waals surface area (Å²) in [7, 11) is 0. The van der Waals surface area contributed by atoms with E-state index in [0.29, 0.717) is 4.47 Å². The Morgan fingerprint density at radius 1 is 1.45 bits per heavy atom. The summed E-state index contributed by atoms with van der Waals surface area (Å²) in [4.78, 5) is 0. The van der Waals surface area contributed by atoms with Crippen molar-refractivity contribution in [3.63, 3.8) is 0 Å². The van der Waals surface area contributed by atoms with Gasteiger partial charge in [-0.1, -0.05) is 6.07 Å². The molecule has 5 heteroatoms. The maximum absolute atomic E-state index is 12.7. The molecule has 0 aliphatic heterocycles. The monoisotopic (exact) mass is 240 g/mol. The van der Waals surface area contributed by atoms with E-state index in [1.54, 1.807) is 12.1 Å². The van der Waals surface area contributed by atoms with Crippen LogP contribution in [0.2, 0.25) is 0 Å². The minimum absolute atomic E-state index is 0. The summed E-state index contributed by atoms with van der Waals surface area (Å²) in [6.07, 6.45) is 0. The average molecular weight is 241 g/mol. The van der Waals surface area contributed by atoms with Crippen molar-refractivity contribution >= 4 is 34.0 Å². The fourth-order valence-corrected chi connectivity index (χ4v) is 1.09. The molecule has 0 aliphatic carbocycles. The van der Waals surface area contributed by atoms with Gasteiger partial charge in [-0.15, -0.1) is 12.4 Å². The number of hydrogen-bond acceptors (Lipinski definition) is 2. The second-order valence-corrected chi connectivity index (χ2v) is 2.60. The highest BCUT2D eigenvalue weighted by atomic mass is 79.9. The number of rotatable bonds is 1. The molecule has 0 bridgehead atoms. The fraction of sp³-hybridized carbons (Fsp3) is 0. The van der Waals surface area contributed by atoms with E-state index >= 15 is 0 Å². The molecule has 11 heavy (non-hydrogen) atoms. The summed E-state index contributed by atoms with van der Waals surface area (Å²) in [5.41, 5.74) is 2.52. The van der Waals surface area contributed by atoms with Gasteiger partial charge in [-0.25, -0.2) is 4.39 Å². The SMILES string of the molecule is Cl.NNc1c(F)cccc1Br. The molecule has 0 atom stereocenters. The molecule has 0 radical (unpaired) electrons. The van der Waals surface area contributed by atoms with Crippen LogP contribution < -0.4 is 11.3 Å². The van der Waals surface area contributed by atoms with Crippen molar-refractivity contribution in [2.24, 2.45) is 5.84 Å². The normalized spacial score (nSPS) is 8.64. The Labute approximate surface area is 78.5 Å². The summed E-state index contributed by atoms with van der Waals surface area (Å²) >= 11 is 3.12. The molecule has 0 unspecified atom stereocenters. The van der Waals surface area contributed by atoms with Crippen molar-refractivity contribution in [1.82, 2.24) is 0 Å². The van der Waals surface area contributed by atoms with Gasteiger partial charge >= 0.3 is 0 Å². The molecule has 0 aromatic heterocycles. The van der Waals surface area contributed by atoms with E-state index in [-0.39, 0.29) is 23.9 Å². The minimum atomic E-state index is -0.364. The highest BCUT2D eigenvalue weighted by Crippen LogP contribution is 2.23. The van der Waals surface area contributed by atoms with E-state index in [9.17, 15) is 4.39 Å². The Hall–Kier alpha value is -0.320. The van der Waals surface area contributed by atoms with E-state index in [0.717, 1.165) is 0 Å². The predicted molar refractivity (Wildman–Crippen MR) is 49.2 cm³/mol. The van der Waals surface area contributed by atoms with Crippen molar-refractivity contribution in [3.05, 3.63) is 28.5 Å². The zero-order valence-electron chi connectivity index (χ0n) is 5.47. The average Bonchev–Trinajstić information content (AvgIpc) is 1.88. The van der Waals surface area contributed by atoms with Crippen LogP contribution in [0.1, 0.15) is 0 Å². The first-order chi connectivity index (χ1) is 4.75. The van der Waals surface area contributed by atoms with Gasteiger partial charge in [0.2, 0.25) is 0 Å². The minimum Gasteiger partial charge on any atom is -0.321 e. The molecule has 0 saturated carbocycles. The number of nitrogens with one attached hydrogen (secondary N) is 1. The van der Waals surface area contributed by atoms with Crippen LogP contribution >= 0.6 is 28.3 Å². The summed E-state index contributed by atoms with van der Waals surface area (Å²) in [6, 6.07) is 4.64. The molecular formula is C6H7BrClFN2. The summed E-state index contributed by atoms with van der Waals surface area (Å²) < 4.78 is 13.3. The molecule has 0 heterocycles. The van der Waals surface area contributed by atoms with Gasteiger partial charge in [0, 0.05) is 4.47 Å². The van der Waals surface area contributed by atoms with Gasteiger partial charge in [0.15, 0.2) is 0 Å². The number of benzene rings is 1. The van der Waals surface area contributed by atoms with Crippen LogP contribution in [-0.2, 0) is 0 Å². The smallest absolute Gasteiger partial charge is 0.148 e. The first-order valence-electron chi connectivity index (χ1n) is 2.66. The van der Waals surface area contributed by atoms with Gasteiger partial charge < -0.3 is 5.43 Å². The molecule has 0 amide bonds. The fourth-order valence-electron chi connectivity index (χ4n) is 0.636. The van der Waals surface area contributed by atoms with E-state index in [2.05, 4.69) is 21.4 Å². The molecule has 1 aromatic carbocycles. The first-order valence-corrected chi connectivity index (χ1v) is 3.45. The maximum Gasteiger partial charge on any atom is 0.148 e. The lowest BCUT2D eigenvalue weighted by atomic mass is 10.3. The summed E-state index contributed by atoms with van der Waals surface area (Å²) in [6.45, 7) is 0. The largest absolute Gasteiger partial charge is 0.321 e. The number of anilines is 1. The third-order valence-corrected chi connectivity index (χ3v) is 1.77. The molecule has 2 nitrogen and oxygen atoms in total. The predicted octanol–water partition coefficient (Wildman–Crippen LogP) is 2.30. The summed E-state index contributed by atoms with van der Waals surface area (Å²) in [5, 5.41) is 0. The Bertz CT molecular complexity index is 224. The van der Waals surface area contributed by atoms with E-state index in [1.165, 1.54) is 6.07 Å². The molecule has 1 rings (SSSR count). The van der Waals surface area contributed by atoms with Crippen LogP contribution in [0.15, 0.2) is 22.7 Å². The van der Waals surface area contributed by atoms with Crippen LogP contribution in [0.5, 0.6) is 0 Å². The van der Waals surface area contributed by atoms with Gasteiger partial charge in [-0.05, 0) is 28.1 Å². The van der Waals surface area contributed by atoms with Crippen molar-refractivity contribution in [1.29, 1.82) is 0 Å². The van der Waals surface area contributed by atoms with E-state index in [4.69, 9.17) is 5.84 Å².